The van der Waals surface area contributed by atoms with E-state index in [2.05, 4.69) is 9.97 Å². The van der Waals surface area contributed by atoms with E-state index in [0.29, 0.717) is 0 Å². The second-order valence-corrected chi connectivity index (χ2v) is 1.89. The van der Waals surface area contributed by atoms with Gasteiger partial charge >= 0.3 is 0 Å². The summed E-state index contributed by atoms with van der Waals surface area (Å²) in [4.78, 5) is 6.92. The summed E-state index contributed by atoms with van der Waals surface area (Å²) in [7, 11) is 0. The Morgan fingerprint density at radius 1 is 1.27 bits per heavy atom. The van der Waals surface area contributed by atoms with E-state index in [-0.39, 0.29) is 5.82 Å². The normalized spacial score (nSPS) is 13.5. The zero-order valence-corrected chi connectivity index (χ0v) is 5.48. The molecule has 1 heterocycles. The Labute approximate surface area is 61.7 Å². The van der Waals surface area contributed by atoms with Crippen LogP contribution in [0.3, 0.4) is 0 Å². The van der Waals surface area contributed by atoms with Crippen LogP contribution in [-0.2, 0) is 0 Å². The van der Waals surface area contributed by atoms with Crippen molar-refractivity contribution in [2.45, 2.75) is 12.5 Å². The highest BCUT2D eigenvalue weighted by molar-refractivity contribution is 4.93. The summed E-state index contributed by atoms with van der Waals surface area (Å²) in [5.74, 6) is -0.248. The Morgan fingerprint density at radius 3 is 2.27 bits per heavy atom. The molecule has 1 unspecified atom stereocenters. The molecule has 1 aromatic rings. The van der Waals surface area contributed by atoms with Gasteiger partial charge in [0.05, 0.1) is 0 Å². The molecule has 0 aromatic carbocycles. The molecule has 1 atom stereocenters. The van der Waals surface area contributed by atoms with Crippen molar-refractivity contribution in [3.8, 4) is 0 Å². The number of alkyl halides is 2. The molecule has 1 rings (SSSR count). The third-order valence-electron chi connectivity index (χ3n) is 1.09. The third-order valence-corrected chi connectivity index (χ3v) is 1.09. The van der Waals surface area contributed by atoms with Crippen LogP contribution in [0.2, 0.25) is 0 Å². The first kappa shape index (κ1) is 8.00. The van der Waals surface area contributed by atoms with Gasteiger partial charge in [0.25, 0.3) is 6.43 Å². The molecule has 60 valence electrons. The molecule has 5 heteroatoms. The summed E-state index contributed by atoms with van der Waals surface area (Å²) >= 11 is 0. The highest BCUT2D eigenvalue weighted by Crippen LogP contribution is 2.14. The lowest BCUT2D eigenvalue weighted by Crippen LogP contribution is -2.11. The van der Waals surface area contributed by atoms with Gasteiger partial charge in [-0.3, -0.25) is 0 Å². The molecule has 0 saturated carbocycles. The van der Waals surface area contributed by atoms with Gasteiger partial charge in [0.15, 0.2) is 11.9 Å². The van der Waals surface area contributed by atoms with Crippen molar-refractivity contribution >= 4 is 0 Å². The highest BCUT2D eigenvalue weighted by Gasteiger charge is 2.20. The zero-order valence-electron chi connectivity index (χ0n) is 5.48. The van der Waals surface area contributed by atoms with Gasteiger partial charge in [0.1, 0.15) is 0 Å². The molecule has 0 radical (unpaired) electrons. The number of hydrogen-bond donors (Lipinski definition) is 1. The van der Waals surface area contributed by atoms with E-state index in [0.717, 1.165) is 0 Å². The first-order valence-corrected chi connectivity index (χ1v) is 2.95. The predicted molar refractivity (Wildman–Crippen MR) is 33.0 cm³/mol. The van der Waals surface area contributed by atoms with Gasteiger partial charge in [0, 0.05) is 12.4 Å². The van der Waals surface area contributed by atoms with Crippen LogP contribution in [-0.4, -0.2) is 21.5 Å². The van der Waals surface area contributed by atoms with Crippen molar-refractivity contribution in [2.75, 3.05) is 0 Å². The molecule has 0 amide bonds. The van der Waals surface area contributed by atoms with Gasteiger partial charge in [-0.05, 0) is 6.07 Å². The average Bonchev–Trinajstić information content (AvgIpc) is 2.05. The average molecular weight is 160 g/mol. The minimum atomic E-state index is -2.84. The summed E-state index contributed by atoms with van der Waals surface area (Å²) in [6, 6.07) is 1.49. The first-order valence-electron chi connectivity index (χ1n) is 2.95. The van der Waals surface area contributed by atoms with Gasteiger partial charge < -0.3 is 5.11 Å². The molecule has 0 saturated heterocycles. The van der Waals surface area contributed by atoms with Gasteiger partial charge in [-0.25, -0.2) is 18.7 Å². The number of halogens is 2. The van der Waals surface area contributed by atoms with Crippen LogP contribution in [0.15, 0.2) is 18.5 Å². The summed E-state index contributed by atoms with van der Waals surface area (Å²) in [6.07, 6.45) is -2.12. The van der Waals surface area contributed by atoms with Crippen LogP contribution < -0.4 is 0 Å². The molecule has 1 N–H and O–H groups in total. The van der Waals surface area contributed by atoms with Crippen molar-refractivity contribution in [1.82, 2.24) is 9.97 Å². The maximum atomic E-state index is 11.8. The smallest absolute Gasteiger partial charge is 0.271 e. The van der Waals surface area contributed by atoms with E-state index in [4.69, 9.17) is 5.11 Å². The fourth-order valence-corrected chi connectivity index (χ4v) is 0.576. The van der Waals surface area contributed by atoms with Crippen LogP contribution in [0.5, 0.6) is 0 Å². The molecule has 0 aliphatic carbocycles. The maximum Gasteiger partial charge on any atom is 0.271 e. The Bertz CT molecular complexity index is 217. The SMILES string of the molecule is OC(c1ncccn1)C(F)F. The quantitative estimate of drug-likeness (QED) is 0.695. The van der Waals surface area contributed by atoms with Crippen LogP contribution in [0, 0.1) is 0 Å². The van der Waals surface area contributed by atoms with Crippen molar-refractivity contribution in [2.24, 2.45) is 0 Å². The fraction of sp³-hybridized carbons (Fsp3) is 0.333. The van der Waals surface area contributed by atoms with Crippen LogP contribution >= 0.6 is 0 Å². The van der Waals surface area contributed by atoms with Crippen LogP contribution in [0.4, 0.5) is 8.78 Å². The molecule has 3 nitrogen and oxygen atoms in total. The lowest BCUT2D eigenvalue weighted by atomic mass is 10.3. The van der Waals surface area contributed by atoms with Gasteiger partial charge in [-0.1, -0.05) is 0 Å². The molecule has 11 heavy (non-hydrogen) atoms. The fourth-order valence-electron chi connectivity index (χ4n) is 0.576. The standard InChI is InChI=1S/C6H6F2N2O/c7-5(8)4(11)6-9-2-1-3-10-6/h1-5,11H. The van der Waals surface area contributed by atoms with Crippen molar-refractivity contribution in [1.29, 1.82) is 0 Å². The Kier molecular flexibility index (Phi) is 2.43. The van der Waals surface area contributed by atoms with Crippen molar-refractivity contribution in [3.63, 3.8) is 0 Å². The van der Waals surface area contributed by atoms with Gasteiger partial charge in [0.2, 0.25) is 0 Å². The van der Waals surface area contributed by atoms with E-state index < -0.39 is 12.5 Å². The topological polar surface area (TPSA) is 46.0 Å². The van der Waals surface area contributed by atoms with E-state index in [1.807, 2.05) is 0 Å². The monoisotopic (exact) mass is 160 g/mol. The number of hydrogen-bond acceptors (Lipinski definition) is 3. The molecule has 1 aromatic heterocycles. The largest absolute Gasteiger partial charge is 0.379 e. The highest BCUT2D eigenvalue weighted by atomic mass is 19.3. The van der Waals surface area contributed by atoms with Crippen LogP contribution in [0.25, 0.3) is 0 Å². The maximum absolute atomic E-state index is 11.8. The van der Waals surface area contributed by atoms with Crippen molar-refractivity contribution < 1.29 is 13.9 Å². The summed E-state index contributed by atoms with van der Waals surface area (Å²) < 4.78 is 23.6. The Morgan fingerprint density at radius 2 is 1.82 bits per heavy atom. The second-order valence-electron chi connectivity index (χ2n) is 1.89. The number of aromatic nitrogens is 2. The minimum absolute atomic E-state index is 0.248. The minimum Gasteiger partial charge on any atom is -0.379 e. The van der Waals surface area contributed by atoms with Crippen LogP contribution in [0.1, 0.15) is 11.9 Å². The van der Waals surface area contributed by atoms with E-state index in [1.165, 1.54) is 18.5 Å². The van der Waals surface area contributed by atoms with Crippen molar-refractivity contribution in [3.05, 3.63) is 24.3 Å². The first-order chi connectivity index (χ1) is 5.22. The predicted octanol–water partition coefficient (Wildman–Crippen LogP) is 0.775. The van der Waals surface area contributed by atoms with Gasteiger partial charge in [-0.15, -0.1) is 0 Å². The number of nitrogens with zero attached hydrogens (tertiary/aromatic N) is 2. The third kappa shape index (κ3) is 1.91. The van der Waals surface area contributed by atoms with E-state index >= 15 is 0 Å². The molecule has 0 aliphatic heterocycles. The van der Waals surface area contributed by atoms with E-state index in [9.17, 15) is 8.78 Å². The second kappa shape index (κ2) is 3.34. The Hall–Kier alpha value is -1.10. The molecule has 0 fully saturated rings. The summed E-state index contributed by atoms with van der Waals surface area (Å²) in [5.41, 5.74) is 0. The lowest BCUT2D eigenvalue weighted by Gasteiger charge is -2.05. The lowest BCUT2D eigenvalue weighted by molar-refractivity contribution is -0.0108. The molecular weight excluding hydrogens is 154 g/mol. The van der Waals surface area contributed by atoms with E-state index in [1.54, 1.807) is 0 Å². The number of aliphatic hydroxyl groups excluding tert-OH is 1. The zero-order chi connectivity index (χ0) is 8.27. The van der Waals surface area contributed by atoms with Gasteiger partial charge in [-0.2, -0.15) is 0 Å². The number of rotatable bonds is 2. The summed E-state index contributed by atoms with van der Waals surface area (Å²) in [6.45, 7) is 0. The molecule has 0 spiro atoms. The molecule has 0 bridgehead atoms. The molecular formula is C6H6F2N2O. The molecule has 0 aliphatic rings. The summed E-state index contributed by atoms with van der Waals surface area (Å²) in [5, 5.41) is 8.72. The number of aliphatic hydroxyl groups is 1. The Balaban J connectivity index is 2.77.